The second-order valence-electron chi connectivity index (χ2n) is 6.84. The van der Waals surface area contributed by atoms with E-state index in [-0.39, 0.29) is 5.91 Å². The van der Waals surface area contributed by atoms with E-state index in [9.17, 15) is 4.79 Å². The molecule has 1 aliphatic carbocycles. The topological polar surface area (TPSA) is 55.1 Å². The van der Waals surface area contributed by atoms with Gasteiger partial charge in [-0.25, -0.2) is 0 Å². The van der Waals surface area contributed by atoms with Gasteiger partial charge in [-0.1, -0.05) is 34.6 Å². The summed E-state index contributed by atoms with van der Waals surface area (Å²) < 4.78 is 0. The van der Waals surface area contributed by atoms with Gasteiger partial charge in [0.05, 0.1) is 0 Å². The highest BCUT2D eigenvalue weighted by molar-refractivity contribution is 5.73. The molecule has 16 heavy (non-hydrogen) atoms. The molecule has 0 heterocycles. The van der Waals surface area contributed by atoms with Crippen molar-refractivity contribution in [2.24, 2.45) is 22.5 Å². The number of primary amides is 1. The molecule has 0 aliphatic heterocycles. The van der Waals surface area contributed by atoms with Crippen LogP contribution in [0.3, 0.4) is 0 Å². The van der Waals surface area contributed by atoms with Crippen molar-refractivity contribution in [3.63, 3.8) is 0 Å². The summed E-state index contributed by atoms with van der Waals surface area (Å²) in [5, 5.41) is 3.45. The van der Waals surface area contributed by atoms with Crippen molar-refractivity contribution in [3.05, 3.63) is 0 Å². The molecular weight excluding hydrogens is 200 g/mol. The Morgan fingerprint density at radius 2 is 1.94 bits per heavy atom. The molecule has 2 unspecified atom stereocenters. The highest BCUT2D eigenvalue weighted by atomic mass is 16.1. The molecule has 1 saturated carbocycles. The van der Waals surface area contributed by atoms with E-state index < -0.39 is 0 Å². The molecular formula is C13H26N2O. The van der Waals surface area contributed by atoms with E-state index in [4.69, 9.17) is 5.73 Å². The SMILES string of the molecule is CC(C)(C)CC1C(NCCC(N)=O)C1(C)C. The van der Waals surface area contributed by atoms with Crippen molar-refractivity contribution in [3.8, 4) is 0 Å². The van der Waals surface area contributed by atoms with E-state index in [1.807, 2.05) is 0 Å². The molecule has 0 radical (unpaired) electrons. The fraction of sp³-hybridized carbons (Fsp3) is 0.923. The molecule has 1 amide bonds. The van der Waals surface area contributed by atoms with Crippen molar-refractivity contribution < 1.29 is 4.79 Å². The van der Waals surface area contributed by atoms with E-state index in [1.165, 1.54) is 6.42 Å². The largest absolute Gasteiger partial charge is 0.370 e. The first-order valence-corrected chi connectivity index (χ1v) is 6.16. The first-order chi connectivity index (χ1) is 7.14. The average molecular weight is 226 g/mol. The summed E-state index contributed by atoms with van der Waals surface area (Å²) in [6.07, 6.45) is 1.67. The van der Waals surface area contributed by atoms with Crippen molar-refractivity contribution in [2.75, 3.05) is 6.54 Å². The van der Waals surface area contributed by atoms with E-state index in [2.05, 4.69) is 39.9 Å². The van der Waals surface area contributed by atoms with Gasteiger partial charge >= 0.3 is 0 Å². The zero-order valence-electron chi connectivity index (χ0n) is 11.3. The summed E-state index contributed by atoms with van der Waals surface area (Å²) in [6.45, 7) is 12.1. The highest BCUT2D eigenvalue weighted by Crippen LogP contribution is 2.56. The first kappa shape index (κ1) is 13.5. The minimum Gasteiger partial charge on any atom is -0.370 e. The van der Waals surface area contributed by atoms with Gasteiger partial charge in [0.15, 0.2) is 0 Å². The Hall–Kier alpha value is -0.570. The Bertz CT molecular complexity index is 266. The van der Waals surface area contributed by atoms with Gasteiger partial charge in [0.2, 0.25) is 5.91 Å². The van der Waals surface area contributed by atoms with Crippen LogP contribution in [0.25, 0.3) is 0 Å². The van der Waals surface area contributed by atoms with Gasteiger partial charge in [-0.05, 0) is 23.2 Å². The minimum atomic E-state index is -0.224. The van der Waals surface area contributed by atoms with Crippen LogP contribution in [0.5, 0.6) is 0 Å². The second-order valence-corrected chi connectivity index (χ2v) is 6.84. The number of hydrogen-bond acceptors (Lipinski definition) is 2. The highest BCUT2D eigenvalue weighted by Gasteiger charge is 2.57. The molecule has 3 N–H and O–H groups in total. The molecule has 0 aromatic carbocycles. The van der Waals surface area contributed by atoms with Gasteiger partial charge in [0.1, 0.15) is 0 Å². The lowest BCUT2D eigenvalue weighted by Gasteiger charge is -2.18. The van der Waals surface area contributed by atoms with E-state index >= 15 is 0 Å². The molecule has 3 nitrogen and oxygen atoms in total. The molecule has 1 rings (SSSR count). The third-order valence-electron chi connectivity index (χ3n) is 3.62. The monoisotopic (exact) mass is 226 g/mol. The standard InChI is InChI=1S/C13H26N2O/c1-12(2,3)8-9-11(13(9,4)5)15-7-6-10(14)16/h9,11,15H,6-8H2,1-5H3,(H2,14,16). The van der Waals surface area contributed by atoms with Crippen LogP contribution in [0.15, 0.2) is 0 Å². The maximum absolute atomic E-state index is 10.7. The predicted octanol–water partition coefficient (Wildman–Crippen LogP) is 1.91. The van der Waals surface area contributed by atoms with Crippen LogP contribution in [-0.4, -0.2) is 18.5 Å². The Labute approximate surface area is 99.2 Å². The zero-order valence-corrected chi connectivity index (χ0v) is 11.3. The Morgan fingerprint density at radius 1 is 1.38 bits per heavy atom. The molecule has 1 aliphatic rings. The molecule has 0 saturated heterocycles. The molecule has 0 aromatic rings. The average Bonchev–Trinajstić information content (AvgIpc) is 2.51. The van der Waals surface area contributed by atoms with Crippen LogP contribution in [0.1, 0.15) is 47.5 Å². The first-order valence-electron chi connectivity index (χ1n) is 6.16. The van der Waals surface area contributed by atoms with Gasteiger partial charge in [-0.3, -0.25) is 4.79 Å². The van der Waals surface area contributed by atoms with E-state index in [0.29, 0.717) is 29.8 Å². The van der Waals surface area contributed by atoms with Gasteiger partial charge < -0.3 is 11.1 Å². The lowest BCUT2D eigenvalue weighted by atomic mass is 9.87. The second kappa shape index (κ2) is 4.36. The Morgan fingerprint density at radius 3 is 2.38 bits per heavy atom. The third-order valence-corrected chi connectivity index (χ3v) is 3.62. The third kappa shape index (κ3) is 3.48. The lowest BCUT2D eigenvalue weighted by Crippen LogP contribution is -2.26. The Kier molecular flexibility index (Phi) is 3.68. The van der Waals surface area contributed by atoms with Crippen molar-refractivity contribution in [1.29, 1.82) is 0 Å². The Balaban J connectivity index is 2.36. The summed E-state index contributed by atoms with van der Waals surface area (Å²) in [7, 11) is 0. The van der Waals surface area contributed by atoms with Crippen LogP contribution in [-0.2, 0) is 4.79 Å². The molecule has 0 spiro atoms. The smallest absolute Gasteiger partial charge is 0.218 e. The van der Waals surface area contributed by atoms with Crippen LogP contribution in [0.2, 0.25) is 0 Å². The number of carbonyl (C=O) groups excluding carboxylic acids is 1. The van der Waals surface area contributed by atoms with Crippen LogP contribution < -0.4 is 11.1 Å². The fourth-order valence-corrected chi connectivity index (χ4v) is 2.54. The molecule has 3 heteroatoms. The molecule has 0 aromatic heterocycles. The van der Waals surface area contributed by atoms with Crippen LogP contribution in [0, 0.1) is 16.7 Å². The number of nitrogens with one attached hydrogen (secondary N) is 1. The predicted molar refractivity (Wildman–Crippen MR) is 66.9 cm³/mol. The molecule has 0 bridgehead atoms. The van der Waals surface area contributed by atoms with Gasteiger partial charge in [-0.15, -0.1) is 0 Å². The number of carbonyl (C=O) groups is 1. The van der Waals surface area contributed by atoms with E-state index in [1.54, 1.807) is 0 Å². The van der Waals surface area contributed by atoms with Gasteiger partial charge in [0.25, 0.3) is 0 Å². The van der Waals surface area contributed by atoms with Crippen molar-refractivity contribution in [2.45, 2.75) is 53.5 Å². The summed E-state index contributed by atoms with van der Waals surface area (Å²) in [5.74, 6) is 0.499. The van der Waals surface area contributed by atoms with Crippen LogP contribution in [0.4, 0.5) is 0 Å². The molecule has 1 fully saturated rings. The van der Waals surface area contributed by atoms with Crippen LogP contribution >= 0.6 is 0 Å². The number of nitrogens with two attached hydrogens (primary N) is 1. The normalized spacial score (nSPS) is 27.8. The zero-order chi connectivity index (χ0) is 12.6. The van der Waals surface area contributed by atoms with Crippen molar-refractivity contribution in [1.82, 2.24) is 5.32 Å². The lowest BCUT2D eigenvalue weighted by molar-refractivity contribution is -0.117. The number of rotatable bonds is 5. The summed E-state index contributed by atoms with van der Waals surface area (Å²) in [6, 6.07) is 0.547. The van der Waals surface area contributed by atoms with E-state index in [0.717, 1.165) is 5.92 Å². The maximum atomic E-state index is 10.7. The van der Waals surface area contributed by atoms with Gasteiger partial charge in [-0.2, -0.15) is 0 Å². The maximum Gasteiger partial charge on any atom is 0.218 e. The number of hydrogen-bond donors (Lipinski definition) is 2. The van der Waals surface area contributed by atoms with Crippen molar-refractivity contribution >= 4 is 5.91 Å². The molecule has 2 atom stereocenters. The minimum absolute atomic E-state index is 0.224. The quantitative estimate of drug-likeness (QED) is 0.752. The summed E-state index contributed by atoms with van der Waals surface area (Å²) in [5.41, 5.74) is 5.87. The molecule has 94 valence electrons. The summed E-state index contributed by atoms with van der Waals surface area (Å²) >= 11 is 0. The number of amides is 1. The summed E-state index contributed by atoms with van der Waals surface area (Å²) in [4.78, 5) is 10.7. The van der Waals surface area contributed by atoms with Gasteiger partial charge in [0, 0.05) is 19.0 Å². The fourth-order valence-electron chi connectivity index (χ4n) is 2.54.